The topological polar surface area (TPSA) is 48.8 Å². The van der Waals surface area contributed by atoms with Gasteiger partial charge in [0.05, 0.1) is 0 Å². The Kier molecular flexibility index (Phi) is 4.05. The van der Waals surface area contributed by atoms with E-state index in [-0.39, 0.29) is 0 Å². The fraction of sp³-hybridized carbons (Fsp3) is 0. The van der Waals surface area contributed by atoms with E-state index in [0.29, 0.717) is 0 Å². The SMILES string of the molecule is [N-]=[N+]=N[Si](c1ccccc1)(c1ccccc1)c1ccccc1. The third-order valence-corrected chi connectivity index (χ3v) is 7.67. The summed E-state index contributed by atoms with van der Waals surface area (Å²) in [6.45, 7) is 0. The molecule has 4 heteroatoms. The van der Waals surface area contributed by atoms with Crippen molar-refractivity contribution in [1.82, 2.24) is 0 Å². The third kappa shape index (κ3) is 2.41. The predicted octanol–water partition coefficient (Wildman–Crippen LogP) is 2.96. The second-order valence-electron chi connectivity index (χ2n) is 5.00. The van der Waals surface area contributed by atoms with Gasteiger partial charge in [0.15, 0.2) is 0 Å². The van der Waals surface area contributed by atoms with E-state index >= 15 is 0 Å². The molecule has 0 aliphatic rings. The zero-order valence-electron chi connectivity index (χ0n) is 12.0. The summed E-state index contributed by atoms with van der Waals surface area (Å²) in [5.74, 6) is 0. The van der Waals surface area contributed by atoms with Crippen molar-refractivity contribution in [3.05, 3.63) is 101 Å². The van der Waals surface area contributed by atoms with Crippen molar-refractivity contribution in [1.29, 1.82) is 0 Å². The van der Waals surface area contributed by atoms with Gasteiger partial charge in [-0.25, -0.2) is 0 Å². The average Bonchev–Trinajstić information content (AvgIpc) is 2.62. The monoisotopic (exact) mass is 301 g/mol. The van der Waals surface area contributed by atoms with Gasteiger partial charge in [0.2, 0.25) is 8.24 Å². The van der Waals surface area contributed by atoms with E-state index in [1.807, 2.05) is 54.6 Å². The molecular weight excluding hydrogens is 286 g/mol. The summed E-state index contributed by atoms with van der Waals surface area (Å²) < 4.78 is 4.39. The molecular formula is C18H15N3Si. The Morgan fingerprint density at radius 1 is 0.591 bits per heavy atom. The van der Waals surface area contributed by atoms with Crippen LogP contribution < -0.4 is 15.6 Å². The first-order valence-corrected chi connectivity index (χ1v) is 9.05. The highest BCUT2D eigenvalue weighted by Crippen LogP contribution is 2.09. The molecule has 0 spiro atoms. The Labute approximate surface area is 130 Å². The first kappa shape index (κ1) is 14.1. The molecule has 0 heterocycles. The lowest BCUT2D eigenvalue weighted by Gasteiger charge is -2.28. The quantitative estimate of drug-likeness (QED) is 0.234. The molecule has 0 aliphatic carbocycles. The molecule has 0 bridgehead atoms. The molecule has 3 rings (SSSR count). The van der Waals surface area contributed by atoms with Crippen LogP contribution in [0.25, 0.3) is 10.4 Å². The van der Waals surface area contributed by atoms with Gasteiger partial charge in [0, 0.05) is 0 Å². The maximum atomic E-state index is 9.28. The van der Waals surface area contributed by atoms with E-state index in [1.54, 1.807) is 0 Å². The molecule has 0 aliphatic heterocycles. The van der Waals surface area contributed by atoms with E-state index in [2.05, 4.69) is 46.1 Å². The second kappa shape index (κ2) is 6.31. The zero-order chi connectivity index (χ0) is 15.3. The van der Waals surface area contributed by atoms with Crippen LogP contribution in [0.2, 0.25) is 0 Å². The van der Waals surface area contributed by atoms with Crippen molar-refractivity contribution in [2.45, 2.75) is 0 Å². The van der Waals surface area contributed by atoms with Crippen LogP contribution in [0.5, 0.6) is 0 Å². The maximum Gasteiger partial charge on any atom is 0.247 e. The Morgan fingerprint density at radius 2 is 0.909 bits per heavy atom. The molecule has 0 saturated heterocycles. The molecule has 3 aromatic carbocycles. The van der Waals surface area contributed by atoms with Crippen molar-refractivity contribution in [2.24, 2.45) is 4.78 Å². The van der Waals surface area contributed by atoms with Gasteiger partial charge >= 0.3 is 0 Å². The molecule has 0 unspecified atom stereocenters. The molecule has 0 aromatic heterocycles. The van der Waals surface area contributed by atoms with E-state index in [1.165, 1.54) is 0 Å². The van der Waals surface area contributed by atoms with Gasteiger partial charge in [-0.2, -0.15) is 0 Å². The van der Waals surface area contributed by atoms with Gasteiger partial charge in [-0.15, -0.1) is 4.78 Å². The summed E-state index contributed by atoms with van der Waals surface area (Å²) in [7, 11) is -2.72. The Balaban J connectivity index is 2.37. The van der Waals surface area contributed by atoms with Crippen LogP contribution in [0.4, 0.5) is 0 Å². The van der Waals surface area contributed by atoms with Gasteiger partial charge in [-0.05, 0) is 26.0 Å². The molecule has 106 valence electrons. The van der Waals surface area contributed by atoms with Crippen molar-refractivity contribution in [3.63, 3.8) is 0 Å². The normalized spacial score (nSPS) is 10.7. The van der Waals surface area contributed by atoms with E-state index in [0.717, 1.165) is 15.6 Å². The van der Waals surface area contributed by atoms with Crippen LogP contribution in [0, 0.1) is 0 Å². The van der Waals surface area contributed by atoms with Gasteiger partial charge in [0.25, 0.3) is 0 Å². The molecule has 3 aromatic rings. The van der Waals surface area contributed by atoms with Crippen molar-refractivity contribution >= 4 is 23.8 Å². The highest BCUT2D eigenvalue weighted by atomic mass is 28.3. The summed E-state index contributed by atoms with van der Waals surface area (Å²) in [6, 6.07) is 30.3. The fourth-order valence-corrected chi connectivity index (χ4v) is 6.28. The number of hydrogen-bond acceptors (Lipinski definition) is 1. The van der Waals surface area contributed by atoms with Crippen LogP contribution in [0.15, 0.2) is 95.8 Å². The largest absolute Gasteiger partial charge is 0.247 e. The molecule has 0 fully saturated rings. The number of hydrogen-bond donors (Lipinski definition) is 0. The summed E-state index contributed by atoms with van der Waals surface area (Å²) in [6.07, 6.45) is 0. The lowest BCUT2D eigenvalue weighted by molar-refractivity contribution is 1.57. The molecule has 0 atom stereocenters. The van der Waals surface area contributed by atoms with Crippen molar-refractivity contribution in [2.75, 3.05) is 0 Å². The maximum absolute atomic E-state index is 9.28. The molecule has 22 heavy (non-hydrogen) atoms. The van der Waals surface area contributed by atoms with Crippen LogP contribution in [0.1, 0.15) is 0 Å². The molecule has 3 nitrogen and oxygen atoms in total. The van der Waals surface area contributed by atoms with Gasteiger partial charge in [-0.3, -0.25) is 0 Å². The summed E-state index contributed by atoms with van der Waals surface area (Å²) in [5.41, 5.74) is 9.28. The summed E-state index contributed by atoms with van der Waals surface area (Å²) >= 11 is 0. The van der Waals surface area contributed by atoms with Crippen LogP contribution >= 0.6 is 0 Å². The van der Waals surface area contributed by atoms with E-state index in [9.17, 15) is 5.53 Å². The first-order chi connectivity index (χ1) is 10.9. The molecule has 0 N–H and O–H groups in total. The van der Waals surface area contributed by atoms with Crippen LogP contribution in [-0.4, -0.2) is 8.24 Å². The highest BCUT2D eigenvalue weighted by molar-refractivity contribution is 7.10. The predicted molar refractivity (Wildman–Crippen MR) is 93.1 cm³/mol. The Morgan fingerprint density at radius 3 is 1.18 bits per heavy atom. The van der Waals surface area contributed by atoms with E-state index in [4.69, 9.17) is 0 Å². The minimum atomic E-state index is -2.72. The number of benzene rings is 3. The molecule has 0 radical (unpaired) electrons. The van der Waals surface area contributed by atoms with Crippen molar-refractivity contribution < 1.29 is 0 Å². The number of rotatable bonds is 4. The van der Waals surface area contributed by atoms with Crippen LogP contribution in [-0.2, 0) is 0 Å². The minimum absolute atomic E-state index is 1.09. The van der Waals surface area contributed by atoms with Gasteiger partial charge < -0.3 is 0 Å². The smallest absolute Gasteiger partial charge is 0.107 e. The first-order valence-electron chi connectivity index (χ1n) is 7.11. The van der Waals surface area contributed by atoms with Crippen LogP contribution in [0.3, 0.4) is 0 Å². The minimum Gasteiger partial charge on any atom is -0.107 e. The highest BCUT2D eigenvalue weighted by Gasteiger charge is 2.38. The molecule has 0 saturated carbocycles. The second-order valence-corrected chi connectivity index (χ2v) is 8.35. The fourth-order valence-electron chi connectivity index (χ4n) is 2.78. The van der Waals surface area contributed by atoms with E-state index < -0.39 is 8.24 Å². The molecule has 0 amide bonds. The number of nitrogens with zero attached hydrogens (tertiary/aromatic N) is 3. The zero-order valence-corrected chi connectivity index (χ0v) is 13.0. The van der Waals surface area contributed by atoms with Gasteiger partial charge in [0.1, 0.15) is 0 Å². The average molecular weight is 301 g/mol. The Hall–Kier alpha value is -2.81. The summed E-state index contributed by atoms with van der Waals surface area (Å²) in [5, 5.41) is 3.26. The summed E-state index contributed by atoms with van der Waals surface area (Å²) in [4.78, 5) is 3.22. The van der Waals surface area contributed by atoms with Gasteiger partial charge in [-0.1, -0.05) is 91.0 Å². The lowest BCUT2D eigenvalue weighted by Crippen LogP contribution is -2.65. The standard InChI is InChI=1S/C18H15N3Si/c19-20-21-22(16-10-4-1-5-11-16,17-12-6-2-7-13-17)18-14-8-3-9-15-18/h1-15H. The Bertz CT molecular complexity index is 686. The number of azide groups is 1. The third-order valence-electron chi connectivity index (χ3n) is 3.77. The lowest BCUT2D eigenvalue weighted by atomic mass is 10.3. The van der Waals surface area contributed by atoms with Crippen molar-refractivity contribution in [3.8, 4) is 0 Å².